The van der Waals surface area contributed by atoms with Crippen LogP contribution in [0.5, 0.6) is 0 Å². The van der Waals surface area contributed by atoms with Crippen molar-refractivity contribution in [3.05, 3.63) is 65.5 Å². The van der Waals surface area contributed by atoms with Crippen molar-refractivity contribution >= 4 is 23.3 Å². The van der Waals surface area contributed by atoms with E-state index in [0.717, 1.165) is 40.9 Å². The van der Waals surface area contributed by atoms with Crippen molar-refractivity contribution in [1.82, 2.24) is 9.88 Å². The fourth-order valence-corrected chi connectivity index (χ4v) is 4.05. The average molecular weight is 432 g/mol. The second-order valence-corrected chi connectivity index (χ2v) is 9.21. The lowest BCUT2D eigenvalue weighted by Crippen LogP contribution is -2.39. The Hall–Kier alpha value is -3.41. The number of carbonyl (C=O) groups excluding carboxylic acids is 2. The third kappa shape index (κ3) is 4.90. The number of benzene rings is 1. The lowest BCUT2D eigenvalue weighted by Gasteiger charge is -2.30. The molecule has 6 nitrogen and oxygen atoms in total. The van der Waals surface area contributed by atoms with Crippen LogP contribution in [0.1, 0.15) is 45.4 Å². The minimum Gasteiger partial charge on any atom is -0.444 e. The fraction of sp³-hybridized carbons (Fsp3) is 0.346. The van der Waals surface area contributed by atoms with Crippen molar-refractivity contribution in [2.24, 2.45) is 0 Å². The first-order chi connectivity index (χ1) is 15.2. The average Bonchev–Trinajstić information content (AvgIpc) is 3.15. The summed E-state index contributed by atoms with van der Waals surface area (Å²) in [5, 5.41) is 2.83. The summed E-state index contributed by atoms with van der Waals surface area (Å²) in [5.74, 6) is -0.0934. The number of ether oxygens (including phenoxy) is 1. The SMILES string of the molecule is CC(=O)Nc1cccc(-c2cnc3c(c2)C(C2=CCN(C(=O)OC(C)(C)C)CC2)=CC3)c1. The molecule has 32 heavy (non-hydrogen) atoms. The first kappa shape index (κ1) is 21.8. The quantitative estimate of drug-likeness (QED) is 0.724. The van der Waals surface area contributed by atoms with Crippen LogP contribution in [-0.4, -0.2) is 40.6 Å². The van der Waals surface area contributed by atoms with Gasteiger partial charge < -0.3 is 15.0 Å². The maximum absolute atomic E-state index is 12.4. The lowest BCUT2D eigenvalue weighted by atomic mass is 9.94. The van der Waals surface area contributed by atoms with Crippen molar-refractivity contribution in [2.75, 3.05) is 18.4 Å². The molecule has 0 spiro atoms. The molecule has 0 bridgehead atoms. The standard InChI is InChI=1S/C26H29N3O3/c1-17(30)28-21-7-5-6-19(14-21)20-15-23-22(8-9-24(23)27-16-20)18-10-12-29(13-11-18)25(31)32-26(2,3)4/h5-8,10,14-16H,9,11-13H2,1-4H3,(H,28,30). The van der Waals surface area contributed by atoms with Crippen molar-refractivity contribution in [3.8, 4) is 11.1 Å². The van der Waals surface area contributed by atoms with Crippen LogP contribution in [-0.2, 0) is 16.0 Å². The van der Waals surface area contributed by atoms with E-state index in [1.54, 1.807) is 4.90 Å². The second-order valence-electron chi connectivity index (χ2n) is 9.21. The van der Waals surface area contributed by atoms with Crippen LogP contribution in [0.15, 0.2) is 54.3 Å². The molecule has 0 saturated heterocycles. The fourth-order valence-electron chi connectivity index (χ4n) is 4.05. The molecule has 166 valence electrons. The summed E-state index contributed by atoms with van der Waals surface area (Å²) in [4.78, 5) is 30.2. The number of fused-ring (bicyclic) bond motifs is 1. The van der Waals surface area contributed by atoms with Gasteiger partial charge in [0.05, 0.1) is 5.69 Å². The normalized spacial score (nSPS) is 15.6. The molecular formula is C26H29N3O3. The number of anilines is 1. The first-order valence-electron chi connectivity index (χ1n) is 10.9. The largest absolute Gasteiger partial charge is 0.444 e. The molecule has 2 aromatic rings. The topological polar surface area (TPSA) is 71.5 Å². The minimum atomic E-state index is -0.493. The molecule has 1 N–H and O–H groups in total. The van der Waals surface area contributed by atoms with Crippen molar-refractivity contribution in [2.45, 2.75) is 46.1 Å². The Balaban J connectivity index is 1.54. The highest BCUT2D eigenvalue weighted by molar-refractivity contribution is 5.90. The molecular weight excluding hydrogens is 402 g/mol. The number of amides is 2. The van der Waals surface area contributed by atoms with Gasteiger partial charge in [-0.15, -0.1) is 0 Å². The lowest BCUT2D eigenvalue weighted by molar-refractivity contribution is -0.114. The summed E-state index contributed by atoms with van der Waals surface area (Å²) in [7, 11) is 0. The van der Waals surface area contributed by atoms with Crippen molar-refractivity contribution in [1.29, 1.82) is 0 Å². The molecule has 2 aliphatic rings. The molecule has 0 radical (unpaired) electrons. The summed E-state index contributed by atoms with van der Waals surface area (Å²) in [6, 6.07) is 9.96. The van der Waals surface area contributed by atoms with Crippen LogP contribution in [0, 0.1) is 0 Å². The Morgan fingerprint density at radius 3 is 2.62 bits per heavy atom. The molecule has 2 heterocycles. The van der Waals surface area contributed by atoms with Gasteiger partial charge in [-0.3, -0.25) is 9.78 Å². The van der Waals surface area contributed by atoms with Gasteiger partial charge in [0.1, 0.15) is 5.60 Å². The van der Waals surface area contributed by atoms with Gasteiger partial charge in [-0.1, -0.05) is 24.3 Å². The van der Waals surface area contributed by atoms with Crippen LogP contribution in [0.2, 0.25) is 0 Å². The number of aromatic nitrogens is 1. The van der Waals surface area contributed by atoms with Gasteiger partial charge in [0.15, 0.2) is 0 Å². The number of rotatable bonds is 3. The van der Waals surface area contributed by atoms with Gasteiger partial charge in [-0.2, -0.15) is 0 Å². The van der Waals surface area contributed by atoms with Gasteiger partial charge >= 0.3 is 6.09 Å². The third-order valence-corrected chi connectivity index (χ3v) is 5.48. The molecule has 1 aromatic heterocycles. The summed E-state index contributed by atoms with van der Waals surface area (Å²) in [5.41, 5.74) is 6.95. The summed E-state index contributed by atoms with van der Waals surface area (Å²) < 4.78 is 5.50. The minimum absolute atomic E-state index is 0.0934. The number of allylic oxidation sites excluding steroid dienone is 2. The number of pyridine rings is 1. The Morgan fingerprint density at radius 2 is 1.94 bits per heavy atom. The van der Waals surface area contributed by atoms with Crippen LogP contribution < -0.4 is 5.32 Å². The molecule has 2 amide bonds. The van der Waals surface area contributed by atoms with E-state index in [-0.39, 0.29) is 12.0 Å². The molecule has 1 aromatic carbocycles. The van der Waals surface area contributed by atoms with Crippen molar-refractivity contribution in [3.63, 3.8) is 0 Å². The highest BCUT2D eigenvalue weighted by Gasteiger charge is 2.26. The number of nitrogens with one attached hydrogen (secondary N) is 1. The molecule has 0 fully saturated rings. The molecule has 1 aliphatic carbocycles. The predicted octanol–water partition coefficient (Wildman–Crippen LogP) is 5.21. The second kappa shape index (κ2) is 8.61. The molecule has 0 saturated carbocycles. The Bertz CT molecular complexity index is 1130. The van der Waals surface area contributed by atoms with E-state index in [1.807, 2.05) is 51.2 Å². The summed E-state index contributed by atoms with van der Waals surface area (Å²) >= 11 is 0. The molecule has 1 aliphatic heterocycles. The zero-order valence-electron chi connectivity index (χ0n) is 19.1. The summed E-state index contributed by atoms with van der Waals surface area (Å²) in [6.07, 6.45) is 7.57. The van der Waals surface area contributed by atoms with Crippen LogP contribution in [0.25, 0.3) is 16.7 Å². The van der Waals surface area contributed by atoms with Gasteiger partial charge in [0.2, 0.25) is 5.91 Å². The zero-order valence-corrected chi connectivity index (χ0v) is 19.1. The van der Waals surface area contributed by atoms with Crippen molar-refractivity contribution < 1.29 is 14.3 Å². The van der Waals surface area contributed by atoms with E-state index in [2.05, 4.69) is 23.5 Å². The van der Waals surface area contributed by atoms with Crippen LogP contribution in [0.3, 0.4) is 0 Å². The Morgan fingerprint density at radius 1 is 1.12 bits per heavy atom. The van der Waals surface area contributed by atoms with Gasteiger partial charge in [0, 0.05) is 49.4 Å². The molecule has 0 atom stereocenters. The first-order valence-corrected chi connectivity index (χ1v) is 10.9. The van der Waals surface area contributed by atoms with E-state index < -0.39 is 5.60 Å². The van der Waals surface area contributed by atoms with Gasteiger partial charge in [-0.05, 0) is 62.1 Å². The summed E-state index contributed by atoms with van der Waals surface area (Å²) in [6.45, 7) is 8.33. The highest BCUT2D eigenvalue weighted by atomic mass is 16.6. The molecule has 6 heteroatoms. The zero-order chi connectivity index (χ0) is 22.9. The number of hydrogen-bond donors (Lipinski definition) is 1. The number of carbonyl (C=O) groups is 2. The molecule has 4 rings (SSSR count). The maximum atomic E-state index is 12.4. The van der Waals surface area contributed by atoms with Crippen LogP contribution in [0.4, 0.5) is 10.5 Å². The highest BCUT2D eigenvalue weighted by Crippen LogP contribution is 2.37. The van der Waals surface area contributed by atoms with Crippen LogP contribution >= 0.6 is 0 Å². The smallest absolute Gasteiger partial charge is 0.410 e. The maximum Gasteiger partial charge on any atom is 0.410 e. The monoisotopic (exact) mass is 431 g/mol. The Kier molecular flexibility index (Phi) is 5.87. The molecule has 0 unspecified atom stereocenters. The van der Waals surface area contributed by atoms with E-state index in [9.17, 15) is 9.59 Å². The van der Waals surface area contributed by atoms with E-state index in [0.29, 0.717) is 13.1 Å². The Labute approximate surface area is 189 Å². The van der Waals surface area contributed by atoms with E-state index in [4.69, 9.17) is 9.72 Å². The van der Waals surface area contributed by atoms with E-state index >= 15 is 0 Å². The number of hydrogen-bond acceptors (Lipinski definition) is 4. The predicted molar refractivity (Wildman–Crippen MR) is 126 cm³/mol. The van der Waals surface area contributed by atoms with Gasteiger partial charge in [-0.25, -0.2) is 4.79 Å². The third-order valence-electron chi connectivity index (χ3n) is 5.48. The van der Waals surface area contributed by atoms with E-state index in [1.165, 1.54) is 18.1 Å². The van der Waals surface area contributed by atoms with Gasteiger partial charge in [0.25, 0.3) is 0 Å². The number of nitrogens with zero attached hydrogens (tertiary/aromatic N) is 2.